The van der Waals surface area contributed by atoms with Crippen LogP contribution in [-0.4, -0.2) is 191 Å². The van der Waals surface area contributed by atoms with Crippen LogP contribution >= 0.6 is 46.4 Å². The summed E-state index contributed by atoms with van der Waals surface area (Å²) in [5.41, 5.74) is 6.00. The molecule has 2 aliphatic rings. The molecule has 5 N–H and O–H groups in total. The third-order valence-electron chi connectivity index (χ3n) is 14.9. The summed E-state index contributed by atoms with van der Waals surface area (Å²) in [7, 11) is -5.66. The summed E-state index contributed by atoms with van der Waals surface area (Å²) in [4.78, 5) is 42.4. The van der Waals surface area contributed by atoms with Gasteiger partial charge in [-0.15, -0.1) is 0 Å². The van der Waals surface area contributed by atoms with E-state index in [-0.39, 0.29) is 157 Å². The summed E-state index contributed by atoms with van der Waals surface area (Å²) in [6, 6.07) is 25.3. The summed E-state index contributed by atoms with van der Waals surface area (Å²) in [6.07, 6.45) is 1.67. The van der Waals surface area contributed by atoms with Crippen molar-refractivity contribution in [3.05, 3.63) is 161 Å². The average Bonchev–Trinajstić information content (AvgIpc) is 0.797. The second-order valence-corrected chi connectivity index (χ2v) is 27.0. The zero-order valence-corrected chi connectivity index (χ0v) is 56.1. The van der Waals surface area contributed by atoms with Gasteiger partial charge in [-0.3, -0.25) is 14.4 Å². The number of carbonyl (C=O) groups is 3. The van der Waals surface area contributed by atoms with E-state index >= 15 is 0 Å². The molecule has 27 heteroatoms. The van der Waals surface area contributed by atoms with E-state index in [0.29, 0.717) is 58.9 Å². The molecule has 3 atom stereocenters. The van der Waals surface area contributed by atoms with Crippen molar-refractivity contribution in [2.75, 3.05) is 152 Å². The topological polar surface area (TPSA) is 257 Å². The third kappa shape index (κ3) is 23.5. The number of nitrogens with zero attached hydrogens (tertiary/aromatic N) is 1. The molecule has 0 aromatic heterocycles. The molecule has 498 valence electrons. The number of fused-ring (bicyclic) bond motifs is 2. The number of hydrogen-bond donors (Lipinski definition) is 5. The monoisotopic (exact) mass is 1380 g/mol. The highest BCUT2D eigenvalue weighted by Crippen LogP contribution is 2.44. The van der Waals surface area contributed by atoms with Crippen LogP contribution in [0.4, 0.5) is 0 Å². The van der Waals surface area contributed by atoms with Crippen LogP contribution in [0.2, 0.25) is 20.1 Å². The third-order valence-corrected chi connectivity index (χ3v) is 18.9. The Balaban J connectivity index is 0.744. The molecule has 5 aromatic carbocycles. The van der Waals surface area contributed by atoms with Crippen molar-refractivity contribution in [3.63, 3.8) is 0 Å². The minimum absolute atomic E-state index is 0.0420. The highest BCUT2D eigenvalue weighted by molar-refractivity contribution is 7.89. The molecule has 0 saturated heterocycles. The molecular weight excluding hydrogens is 1300 g/mol. The molecule has 0 bridgehead atoms. The number of sulfonamides is 2. The van der Waals surface area contributed by atoms with Crippen molar-refractivity contribution in [1.82, 2.24) is 30.3 Å². The molecule has 3 unspecified atom stereocenters. The molecule has 0 spiro atoms. The Morgan fingerprint density at radius 3 is 1.29 bits per heavy atom. The Kier molecular flexibility index (Phi) is 30.6. The highest BCUT2D eigenvalue weighted by Gasteiger charge is 2.31. The minimum atomic E-state index is -3.83. The lowest BCUT2D eigenvalue weighted by Crippen LogP contribution is -2.31. The van der Waals surface area contributed by atoms with Crippen molar-refractivity contribution < 1.29 is 69.1 Å². The summed E-state index contributed by atoms with van der Waals surface area (Å²) in [6.45, 7) is 9.87. The zero-order chi connectivity index (χ0) is 65.2. The van der Waals surface area contributed by atoms with Gasteiger partial charge < -0.3 is 58.7 Å². The van der Waals surface area contributed by atoms with Gasteiger partial charge in [-0.1, -0.05) is 77.6 Å². The molecule has 1 heterocycles. The van der Waals surface area contributed by atoms with Crippen molar-refractivity contribution in [3.8, 4) is 0 Å². The van der Waals surface area contributed by atoms with E-state index in [1.54, 1.807) is 48.5 Å². The maximum Gasteiger partial charge on any atom is 0.251 e. The summed E-state index contributed by atoms with van der Waals surface area (Å²) in [5, 5.41) is 10.5. The van der Waals surface area contributed by atoms with Crippen molar-refractivity contribution >= 4 is 84.2 Å². The number of hydrogen-bond acceptors (Lipinski definition) is 16. The fourth-order valence-corrected chi connectivity index (χ4v) is 13.8. The molecule has 0 radical (unpaired) electrons. The van der Waals surface area contributed by atoms with Crippen LogP contribution < -0.4 is 25.4 Å². The first-order chi connectivity index (χ1) is 43.8. The van der Waals surface area contributed by atoms with E-state index < -0.39 is 37.8 Å². The number of nitrogens with one attached hydrogen (secondary N) is 5. The first-order valence-electron chi connectivity index (χ1n) is 30.3. The van der Waals surface area contributed by atoms with Crippen LogP contribution in [0.3, 0.4) is 0 Å². The maximum absolute atomic E-state index is 13.4. The predicted molar refractivity (Wildman–Crippen MR) is 349 cm³/mol. The summed E-state index contributed by atoms with van der Waals surface area (Å²) >= 11 is 25.8. The highest BCUT2D eigenvalue weighted by atomic mass is 35.5. The Hall–Kier alpha value is -4.87. The van der Waals surface area contributed by atoms with Crippen LogP contribution in [0.1, 0.15) is 96.6 Å². The SMILES string of the molecule is CCOCCOCCNC(=O)c1cc(C(=O)NCCOCCOCCOCCNS(=O)(=O)c2cccc(C3CC(C)Cc4c(Cl)cc(Cl)cc43)c2)cc(C(=O)NCCOCCOCCOCCNS(=O)(=O)c2cccc(C3CN(C)Cc4c(Cl)cc(Cl)cc43)c2)c1. The minimum Gasteiger partial charge on any atom is -0.379 e. The van der Waals surface area contributed by atoms with Gasteiger partial charge in [0.15, 0.2) is 0 Å². The van der Waals surface area contributed by atoms with Gasteiger partial charge in [0, 0.05) is 101 Å². The lowest BCUT2D eigenvalue weighted by Gasteiger charge is -2.33. The molecule has 7 rings (SSSR count). The fourth-order valence-electron chi connectivity index (χ4n) is 10.5. The Bertz CT molecular complexity index is 3220. The number of ether oxygens (including phenoxy) is 8. The van der Waals surface area contributed by atoms with Crippen LogP contribution in [0.15, 0.2) is 101 Å². The molecular formula is C64H82Cl4N6O15S2. The molecule has 0 fully saturated rings. The average molecular weight is 1380 g/mol. The van der Waals surface area contributed by atoms with Crippen molar-refractivity contribution in [2.45, 2.75) is 54.9 Å². The number of rotatable bonds is 40. The largest absolute Gasteiger partial charge is 0.379 e. The summed E-state index contributed by atoms with van der Waals surface area (Å²) in [5.74, 6) is -1.37. The molecule has 5 aromatic rings. The van der Waals surface area contributed by atoms with E-state index in [2.05, 4.69) is 37.2 Å². The summed E-state index contributed by atoms with van der Waals surface area (Å²) < 4.78 is 103. The van der Waals surface area contributed by atoms with Gasteiger partial charge in [-0.2, -0.15) is 0 Å². The first kappa shape index (κ1) is 73.5. The van der Waals surface area contributed by atoms with E-state index in [1.165, 1.54) is 18.2 Å². The van der Waals surface area contributed by atoms with Crippen LogP contribution in [-0.2, 0) is 70.9 Å². The number of benzene rings is 5. The van der Waals surface area contributed by atoms with Gasteiger partial charge in [-0.05, 0) is 133 Å². The van der Waals surface area contributed by atoms with Crippen LogP contribution in [0.25, 0.3) is 0 Å². The number of halogens is 4. The van der Waals surface area contributed by atoms with E-state index in [1.807, 2.05) is 38.2 Å². The number of amides is 3. The first-order valence-corrected chi connectivity index (χ1v) is 34.8. The molecule has 91 heavy (non-hydrogen) atoms. The molecule has 1 aliphatic carbocycles. The quantitative estimate of drug-likeness (QED) is 0.0234. The Morgan fingerprint density at radius 1 is 0.484 bits per heavy atom. The lowest BCUT2D eigenvalue weighted by atomic mass is 9.74. The second kappa shape index (κ2) is 37.9. The van der Waals surface area contributed by atoms with Crippen LogP contribution in [0.5, 0.6) is 0 Å². The van der Waals surface area contributed by atoms with Gasteiger partial charge in [-0.25, -0.2) is 26.3 Å². The molecule has 21 nitrogen and oxygen atoms in total. The van der Waals surface area contributed by atoms with Gasteiger partial charge in [0.05, 0.1) is 109 Å². The maximum atomic E-state index is 13.4. The smallest absolute Gasteiger partial charge is 0.251 e. The Morgan fingerprint density at radius 2 is 0.857 bits per heavy atom. The lowest BCUT2D eigenvalue weighted by molar-refractivity contribution is 0.0162. The standard InChI is InChI=1S/C64H82Cl4N6O15S2/c1-4-82-21-22-83-16-11-69-62(75)47-33-48(63(76)70-12-17-84-23-27-88-29-25-86-19-14-72-90(78,79)52-9-5-7-45(36-52)54-31-44(2)32-57-55(54)38-50(65)40-60(57)67)35-49(34-47)64(77)71-13-18-85-24-28-89-30-26-87-20-15-73-91(80,81)53-10-6-8-46(37-53)58-42-74(3)43-59-56(58)39-51(66)41-61(59)68/h5-10,33-41,44,54,58,72-73H,4,11-32,42-43H2,1-3H3,(H,69,75)(H,70,76)(H,71,77). The van der Waals surface area contributed by atoms with Gasteiger partial charge in [0.1, 0.15) is 0 Å². The molecule has 0 saturated carbocycles. The predicted octanol–water partition coefficient (Wildman–Crippen LogP) is 7.89. The molecule has 3 amide bonds. The van der Waals surface area contributed by atoms with Crippen LogP contribution in [0, 0.1) is 5.92 Å². The number of carbonyl (C=O) groups excluding carboxylic acids is 3. The van der Waals surface area contributed by atoms with E-state index in [0.717, 1.165) is 46.2 Å². The van der Waals surface area contributed by atoms with Gasteiger partial charge in [0.25, 0.3) is 17.7 Å². The van der Waals surface area contributed by atoms with Crippen molar-refractivity contribution in [2.24, 2.45) is 5.92 Å². The van der Waals surface area contributed by atoms with E-state index in [9.17, 15) is 31.2 Å². The zero-order valence-electron chi connectivity index (χ0n) is 51.5. The van der Waals surface area contributed by atoms with Crippen molar-refractivity contribution in [1.29, 1.82) is 0 Å². The van der Waals surface area contributed by atoms with E-state index in [4.69, 9.17) is 84.3 Å². The normalized spacial score (nSPS) is 15.9. The number of likely N-dealkylation sites (N-methyl/N-ethyl adjacent to an activating group) is 1. The fraction of sp³-hybridized carbons (Fsp3) is 0.484. The molecule has 1 aliphatic heterocycles. The second-order valence-electron chi connectivity index (χ2n) is 21.7. The Labute approximate surface area is 554 Å². The van der Waals surface area contributed by atoms with Gasteiger partial charge >= 0.3 is 0 Å². The van der Waals surface area contributed by atoms with Gasteiger partial charge in [0.2, 0.25) is 20.0 Å².